The molecule has 0 radical (unpaired) electrons. The molecular formula is C15H12Cl2O. The number of rotatable bonds is 3. The molecule has 1 nitrogen and oxygen atoms in total. The summed E-state index contributed by atoms with van der Waals surface area (Å²) in [6.45, 7) is 1.85. The van der Waals surface area contributed by atoms with Gasteiger partial charge in [-0.25, -0.2) is 0 Å². The van der Waals surface area contributed by atoms with Gasteiger partial charge in [-0.15, -0.1) is 0 Å². The second-order valence-electron chi connectivity index (χ2n) is 3.96. The van der Waals surface area contributed by atoms with Crippen LogP contribution in [0.1, 0.15) is 23.7 Å². The number of ketones is 1. The first-order chi connectivity index (χ1) is 8.63. The minimum absolute atomic E-state index is 0.120. The topological polar surface area (TPSA) is 17.1 Å². The average Bonchev–Trinajstić information content (AvgIpc) is 2.41. The number of hydrogen-bond donors (Lipinski definition) is 0. The molecule has 18 heavy (non-hydrogen) atoms. The summed E-state index contributed by atoms with van der Waals surface area (Å²) >= 11 is 12.2. The third-order valence-electron chi connectivity index (χ3n) is 2.77. The minimum Gasteiger partial charge on any atom is -0.294 e. The smallest absolute Gasteiger partial charge is 0.162 e. The maximum Gasteiger partial charge on any atom is 0.162 e. The standard InChI is InChI=1S/C15H12Cl2O/c1-2-14(18)11-6-3-5-10(9-11)12-7-4-8-13(16)15(12)17/h3-9H,2H2,1H3. The van der Waals surface area contributed by atoms with Gasteiger partial charge in [0.25, 0.3) is 0 Å². The fourth-order valence-electron chi connectivity index (χ4n) is 1.79. The third kappa shape index (κ3) is 2.58. The summed E-state index contributed by atoms with van der Waals surface area (Å²) in [4.78, 5) is 11.7. The Morgan fingerprint density at radius 3 is 2.56 bits per heavy atom. The van der Waals surface area contributed by atoms with Crippen LogP contribution < -0.4 is 0 Å². The van der Waals surface area contributed by atoms with Crippen molar-refractivity contribution in [2.45, 2.75) is 13.3 Å². The largest absolute Gasteiger partial charge is 0.294 e. The SMILES string of the molecule is CCC(=O)c1cccc(-c2cccc(Cl)c2Cl)c1. The van der Waals surface area contributed by atoms with Crippen molar-refractivity contribution in [1.82, 2.24) is 0 Å². The second kappa shape index (κ2) is 5.55. The van der Waals surface area contributed by atoms with E-state index in [2.05, 4.69) is 0 Å². The van der Waals surface area contributed by atoms with Crippen molar-refractivity contribution in [2.75, 3.05) is 0 Å². The van der Waals surface area contributed by atoms with E-state index in [9.17, 15) is 4.79 Å². The second-order valence-corrected chi connectivity index (χ2v) is 4.74. The van der Waals surface area contributed by atoms with Gasteiger partial charge in [0.15, 0.2) is 5.78 Å². The fraction of sp³-hybridized carbons (Fsp3) is 0.133. The molecule has 0 aromatic heterocycles. The Balaban J connectivity index is 2.51. The van der Waals surface area contributed by atoms with Crippen LogP contribution >= 0.6 is 23.2 Å². The van der Waals surface area contributed by atoms with E-state index in [4.69, 9.17) is 23.2 Å². The van der Waals surface area contributed by atoms with Crippen molar-refractivity contribution in [1.29, 1.82) is 0 Å². The van der Waals surface area contributed by atoms with Crippen LogP contribution in [0, 0.1) is 0 Å². The zero-order valence-electron chi connectivity index (χ0n) is 9.91. The maximum absolute atomic E-state index is 11.7. The van der Waals surface area contributed by atoms with Crippen LogP contribution in [0.5, 0.6) is 0 Å². The lowest BCUT2D eigenvalue weighted by Gasteiger charge is -2.07. The molecule has 0 heterocycles. The molecule has 2 aromatic rings. The van der Waals surface area contributed by atoms with E-state index in [-0.39, 0.29) is 5.78 Å². The van der Waals surface area contributed by atoms with E-state index >= 15 is 0 Å². The first-order valence-electron chi connectivity index (χ1n) is 5.71. The molecule has 0 aliphatic carbocycles. The summed E-state index contributed by atoms with van der Waals surface area (Å²) in [6, 6.07) is 12.9. The fourth-order valence-corrected chi connectivity index (χ4v) is 2.20. The van der Waals surface area contributed by atoms with Gasteiger partial charge in [-0.3, -0.25) is 4.79 Å². The highest BCUT2D eigenvalue weighted by molar-refractivity contribution is 6.43. The van der Waals surface area contributed by atoms with Gasteiger partial charge < -0.3 is 0 Å². The van der Waals surface area contributed by atoms with Crippen molar-refractivity contribution in [2.24, 2.45) is 0 Å². The number of carbonyl (C=O) groups excluding carboxylic acids is 1. The molecule has 0 aliphatic rings. The van der Waals surface area contributed by atoms with Crippen molar-refractivity contribution < 1.29 is 4.79 Å². The quantitative estimate of drug-likeness (QED) is 0.701. The molecule has 0 saturated carbocycles. The van der Waals surface area contributed by atoms with Gasteiger partial charge >= 0.3 is 0 Å². The van der Waals surface area contributed by atoms with Gasteiger partial charge in [-0.1, -0.05) is 60.5 Å². The third-order valence-corrected chi connectivity index (χ3v) is 3.59. The predicted molar refractivity (Wildman–Crippen MR) is 76.5 cm³/mol. The summed E-state index contributed by atoms with van der Waals surface area (Å²) in [6.07, 6.45) is 0.493. The van der Waals surface area contributed by atoms with Crippen LogP contribution in [0.2, 0.25) is 10.0 Å². The lowest BCUT2D eigenvalue weighted by Crippen LogP contribution is -1.96. The van der Waals surface area contributed by atoms with Gasteiger partial charge in [0.2, 0.25) is 0 Å². The number of Topliss-reactive ketones (excluding diaryl/α,β-unsaturated/α-hetero) is 1. The first kappa shape index (κ1) is 13.1. The zero-order chi connectivity index (χ0) is 13.1. The Kier molecular flexibility index (Phi) is 4.05. The van der Waals surface area contributed by atoms with Gasteiger partial charge in [0, 0.05) is 17.5 Å². The van der Waals surface area contributed by atoms with Crippen molar-refractivity contribution in [3.8, 4) is 11.1 Å². The molecule has 0 atom stereocenters. The molecule has 0 aliphatic heterocycles. The molecule has 2 rings (SSSR count). The van der Waals surface area contributed by atoms with Crippen LogP contribution in [0.25, 0.3) is 11.1 Å². The van der Waals surface area contributed by atoms with Crippen molar-refractivity contribution in [3.05, 3.63) is 58.1 Å². The monoisotopic (exact) mass is 278 g/mol. The summed E-state index contributed by atoms with van der Waals surface area (Å²) in [5, 5.41) is 1.03. The highest BCUT2D eigenvalue weighted by Gasteiger charge is 2.09. The lowest BCUT2D eigenvalue weighted by molar-refractivity contribution is 0.0988. The summed E-state index contributed by atoms with van der Waals surface area (Å²) < 4.78 is 0. The molecule has 92 valence electrons. The van der Waals surface area contributed by atoms with Crippen molar-refractivity contribution in [3.63, 3.8) is 0 Å². The van der Waals surface area contributed by atoms with Gasteiger partial charge in [-0.2, -0.15) is 0 Å². The van der Waals surface area contributed by atoms with Crippen LogP contribution in [0.3, 0.4) is 0 Å². The normalized spacial score (nSPS) is 10.4. The average molecular weight is 279 g/mol. The number of halogens is 2. The summed E-state index contributed by atoms with van der Waals surface area (Å²) in [5.74, 6) is 0.120. The Labute approximate surface area is 116 Å². The zero-order valence-corrected chi connectivity index (χ0v) is 11.4. The minimum atomic E-state index is 0.120. The van der Waals surface area contributed by atoms with E-state index in [1.807, 2.05) is 43.3 Å². The molecule has 0 saturated heterocycles. The van der Waals surface area contributed by atoms with E-state index in [0.717, 1.165) is 11.1 Å². The molecular weight excluding hydrogens is 267 g/mol. The van der Waals surface area contributed by atoms with Gasteiger partial charge in [0.05, 0.1) is 10.0 Å². The van der Waals surface area contributed by atoms with Crippen LogP contribution in [-0.2, 0) is 0 Å². The molecule has 0 unspecified atom stereocenters. The van der Waals surface area contributed by atoms with E-state index in [1.54, 1.807) is 6.07 Å². The van der Waals surface area contributed by atoms with Gasteiger partial charge in [-0.05, 0) is 17.7 Å². The molecule has 3 heteroatoms. The number of benzene rings is 2. The molecule has 0 fully saturated rings. The lowest BCUT2D eigenvalue weighted by atomic mass is 10.0. The Morgan fingerprint density at radius 2 is 1.83 bits per heavy atom. The number of carbonyl (C=O) groups is 1. The molecule has 0 spiro atoms. The highest BCUT2D eigenvalue weighted by atomic mass is 35.5. The Bertz CT molecular complexity index is 591. The van der Waals surface area contributed by atoms with Crippen LogP contribution in [-0.4, -0.2) is 5.78 Å². The molecule has 0 amide bonds. The van der Waals surface area contributed by atoms with E-state index in [0.29, 0.717) is 22.0 Å². The van der Waals surface area contributed by atoms with Gasteiger partial charge in [0.1, 0.15) is 0 Å². The maximum atomic E-state index is 11.7. The molecule has 0 N–H and O–H groups in total. The summed E-state index contributed by atoms with van der Waals surface area (Å²) in [5.41, 5.74) is 2.45. The van der Waals surface area contributed by atoms with Crippen molar-refractivity contribution >= 4 is 29.0 Å². The summed E-state index contributed by atoms with van der Waals surface area (Å²) in [7, 11) is 0. The highest BCUT2D eigenvalue weighted by Crippen LogP contribution is 2.33. The molecule has 0 bridgehead atoms. The Morgan fingerprint density at radius 1 is 1.11 bits per heavy atom. The first-order valence-corrected chi connectivity index (χ1v) is 6.46. The predicted octanol–water partition coefficient (Wildman–Crippen LogP) is 5.25. The Hall–Kier alpha value is -1.31. The number of hydrogen-bond acceptors (Lipinski definition) is 1. The van der Waals surface area contributed by atoms with E-state index in [1.165, 1.54) is 0 Å². The van der Waals surface area contributed by atoms with Crippen LogP contribution in [0.15, 0.2) is 42.5 Å². The molecule has 2 aromatic carbocycles. The van der Waals surface area contributed by atoms with E-state index < -0.39 is 0 Å². The van der Waals surface area contributed by atoms with Crippen LogP contribution in [0.4, 0.5) is 0 Å².